The molecular formula is C9H19NO. The second-order valence-electron chi connectivity index (χ2n) is 3.30. The van der Waals surface area contributed by atoms with Crippen LogP contribution in [0.15, 0.2) is 0 Å². The van der Waals surface area contributed by atoms with E-state index in [2.05, 4.69) is 6.92 Å². The maximum absolute atomic E-state index is 11.1. The van der Waals surface area contributed by atoms with Gasteiger partial charge in [-0.15, -0.1) is 0 Å². The van der Waals surface area contributed by atoms with Crippen LogP contribution in [0.1, 0.15) is 33.6 Å². The quantitative estimate of drug-likeness (QED) is 0.658. The van der Waals surface area contributed by atoms with Crippen molar-refractivity contribution in [2.75, 3.05) is 6.54 Å². The number of hydrogen-bond acceptors (Lipinski definition) is 2. The van der Waals surface area contributed by atoms with Gasteiger partial charge in [0, 0.05) is 12.3 Å². The molecule has 0 saturated carbocycles. The van der Waals surface area contributed by atoms with E-state index in [0.717, 1.165) is 6.42 Å². The lowest BCUT2D eigenvalue weighted by molar-refractivity contribution is -0.122. The minimum absolute atomic E-state index is 0.193. The van der Waals surface area contributed by atoms with Gasteiger partial charge in [0.05, 0.1) is 0 Å². The van der Waals surface area contributed by atoms with Crippen LogP contribution in [-0.4, -0.2) is 12.3 Å². The molecular weight excluding hydrogens is 138 g/mol. The van der Waals surface area contributed by atoms with Crippen LogP contribution in [0.5, 0.6) is 0 Å². The largest absolute Gasteiger partial charge is 0.330 e. The lowest BCUT2D eigenvalue weighted by Gasteiger charge is -2.13. The molecule has 0 aliphatic carbocycles. The van der Waals surface area contributed by atoms with Gasteiger partial charge in [-0.2, -0.15) is 0 Å². The van der Waals surface area contributed by atoms with E-state index in [1.807, 2.05) is 13.8 Å². The standard InChI is InChI=1S/C9H19NO/c1-4-9(11)8(3)5-7(2)6-10/h7-8H,4-6,10H2,1-3H3. The highest BCUT2D eigenvalue weighted by Gasteiger charge is 2.13. The molecule has 0 aromatic heterocycles. The molecule has 0 heterocycles. The molecule has 0 spiro atoms. The maximum Gasteiger partial charge on any atom is 0.135 e. The van der Waals surface area contributed by atoms with Crippen LogP contribution in [0.4, 0.5) is 0 Å². The first-order chi connectivity index (χ1) is 5.11. The van der Waals surface area contributed by atoms with Crippen molar-refractivity contribution < 1.29 is 4.79 Å². The Kier molecular flexibility index (Phi) is 5.12. The van der Waals surface area contributed by atoms with Gasteiger partial charge in [-0.05, 0) is 18.9 Å². The molecule has 0 fully saturated rings. The fourth-order valence-corrected chi connectivity index (χ4v) is 1.18. The van der Waals surface area contributed by atoms with E-state index in [4.69, 9.17) is 5.73 Å². The predicted octanol–water partition coefficient (Wildman–Crippen LogP) is 1.59. The molecule has 0 bridgehead atoms. The topological polar surface area (TPSA) is 43.1 Å². The number of carbonyl (C=O) groups is 1. The van der Waals surface area contributed by atoms with Crippen LogP contribution < -0.4 is 5.73 Å². The zero-order chi connectivity index (χ0) is 8.85. The Labute approximate surface area is 69.2 Å². The molecule has 0 radical (unpaired) electrons. The predicted molar refractivity (Wildman–Crippen MR) is 47.3 cm³/mol. The average Bonchev–Trinajstić information content (AvgIpc) is 2.02. The Morgan fingerprint density at radius 2 is 2.00 bits per heavy atom. The van der Waals surface area contributed by atoms with Gasteiger partial charge < -0.3 is 5.73 Å². The fraction of sp³-hybridized carbons (Fsp3) is 0.889. The van der Waals surface area contributed by atoms with Gasteiger partial charge >= 0.3 is 0 Å². The first kappa shape index (κ1) is 10.6. The number of nitrogens with two attached hydrogens (primary N) is 1. The molecule has 0 aliphatic rings. The Balaban J connectivity index is 3.67. The first-order valence-electron chi connectivity index (χ1n) is 4.34. The van der Waals surface area contributed by atoms with Crippen LogP contribution in [0.3, 0.4) is 0 Å². The Hall–Kier alpha value is -0.370. The summed E-state index contributed by atoms with van der Waals surface area (Å²) in [5.74, 6) is 1.02. The summed E-state index contributed by atoms with van der Waals surface area (Å²) in [4.78, 5) is 11.1. The van der Waals surface area contributed by atoms with E-state index in [9.17, 15) is 4.79 Å². The van der Waals surface area contributed by atoms with Crippen LogP contribution in [-0.2, 0) is 4.79 Å². The van der Waals surface area contributed by atoms with E-state index in [1.165, 1.54) is 0 Å². The van der Waals surface area contributed by atoms with E-state index < -0.39 is 0 Å². The lowest BCUT2D eigenvalue weighted by atomic mass is 9.93. The van der Waals surface area contributed by atoms with Crippen molar-refractivity contribution in [2.24, 2.45) is 17.6 Å². The highest BCUT2D eigenvalue weighted by atomic mass is 16.1. The van der Waals surface area contributed by atoms with E-state index in [0.29, 0.717) is 24.7 Å². The molecule has 0 aromatic carbocycles. The van der Waals surface area contributed by atoms with E-state index >= 15 is 0 Å². The lowest BCUT2D eigenvalue weighted by Crippen LogP contribution is -2.18. The van der Waals surface area contributed by atoms with Gasteiger partial charge in [0.15, 0.2) is 0 Å². The summed E-state index contributed by atoms with van der Waals surface area (Å²) < 4.78 is 0. The van der Waals surface area contributed by atoms with Gasteiger partial charge in [0.25, 0.3) is 0 Å². The van der Waals surface area contributed by atoms with Gasteiger partial charge in [0.2, 0.25) is 0 Å². The normalized spacial score (nSPS) is 16.0. The highest BCUT2D eigenvalue weighted by molar-refractivity contribution is 5.80. The minimum atomic E-state index is 0.193. The molecule has 66 valence electrons. The number of ketones is 1. The zero-order valence-electron chi connectivity index (χ0n) is 7.76. The molecule has 0 amide bonds. The maximum atomic E-state index is 11.1. The third-order valence-electron chi connectivity index (χ3n) is 2.06. The molecule has 2 atom stereocenters. The molecule has 2 heteroatoms. The van der Waals surface area contributed by atoms with Crippen molar-refractivity contribution in [1.29, 1.82) is 0 Å². The third kappa shape index (κ3) is 4.14. The van der Waals surface area contributed by atoms with Crippen LogP contribution in [0.25, 0.3) is 0 Å². The third-order valence-corrected chi connectivity index (χ3v) is 2.06. The Morgan fingerprint density at radius 1 is 1.45 bits per heavy atom. The van der Waals surface area contributed by atoms with Crippen molar-refractivity contribution in [2.45, 2.75) is 33.6 Å². The molecule has 0 aromatic rings. The first-order valence-corrected chi connectivity index (χ1v) is 4.34. The summed E-state index contributed by atoms with van der Waals surface area (Å²) in [7, 11) is 0. The molecule has 0 rings (SSSR count). The van der Waals surface area contributed by atoms with Crippen molar-refractivity contribution in [3.8, 4) is 0 Å². The second kappa shape index (κ2) is 5.30. The number of rotatable bonds is 5. The summed E-state index contributed by atoms with van der Waals surface area (Å²) in [6.07, 6.45) is 1.58. The zero-order valence-corrected chi connectivity index (χ0v) is 7.76. The van der Waals surface area contributed by atoms with Crippen LogP contribution in [0, 0.1) is 11.8 Å². The second-order valence-corrected chi connectivity index (χ2v) is 3.30. The number of carbonyl (C=O) groups excluding carboxylic acids is 1. The van der Waals surface area contributed by atoms with Crippen LogP contribution >= 0.6 is 0 Å². The molecule has 0 saturated heterocycles. The number of Topliss-reactive ketones (excluding diaryl/α,β-unsaturated/α-hetero) is 1. The SMILES string of the molecule is CCC(=O)C(C)CC(C)CN. The van der Waals surface area contributed by atoms with E-state index in [-0.39, 0.29) is 5.92 Å². The Morgan fingerprint density at radius 3 is 2.36 bits per heavy atom. The van der Waals surface area contributed by atoms with Crippen molar-refractivity contribution >= 4 is 5.78 Å². The molecule has 0 aliphatic heterocycles. The summed E-state index contributed by atoms with van der Waals surface area (Å²) in [6.45, 7) is 6.66. The fourth-order valence-electron chi connectivity index (χ4n) is 1.18. The smallest absolute Gasteiger partial charge is 0.135 e. The summed E-state index contributed by atoms with van der Waals surface area (Å²) >= 11 is 0. The molecule has 2 N–H and O–H groups in total. The van der Waals surface area contributed by atoms with Crippen molar-refractivity contribution in [3.63, 3.8) is 0 Å². The summed E-state index contributed by atoms with van der Waals surface area (Å²) in [6, 6.07) is 0. The van der Waals surface area contributed by atoms with Crippen LogP contribution in [0.2, 0.25) is 0 Å². The van der Waals surface area contributed by atoms with Crippen molar-refractivity contribution in [1.82, 2.24) is 0 Å². The van der Waals surface area contributed by atoms with Gasteiger partial charge in [0.1, 0.15) is 5.78 Å². The highest BCUT2D eigenvalue weighted by Crippen LogP contribution is 2.12. The van der Waals surface area contributed by atoms with Gasteiger partial charge in [-0.3, -0.25) is 4.79 Å². The summed E-state index contributed by atoms with van der Waals surface area (Å²) in [5.41, 5.74) is 5.45. The molecule has 11 heavy (non-hydrogen) atoms. The Bertz CT molecular complexity index is 123. The van der Waals surface area contributed by atoms with Gasteiger partial charge in [-0.1, -0.05) is 20.8 Å². The van der Waals surface area contributed by atoms with E-state index in [1.54, 1.807) is 0 Å². The molecule has 2 unspecified atom stereocenters. The molecule has 2 nitrogen and oxygen atoms in total. The summed E-state index contributed by atoms with van der Waals surface area (Å²) in [5, 5.41) is 0. The minimum Gasteiger partial charge on any atom is -0.330 e. The van der Waals surface area contributed by atoms with Gasteiger partial charge in [-0.25, -0.2) is 0 Å². The number of hydrogen-bond donors (Lipinski definition) is 1. The average molecular weight is 157 g/mol. The van der Waals surface area contributed by atoms with Crippen molar-refractivity contribution in [3.05, 3.63) is 0 Å². The monoisotopic (exact) mass is 157 g/mol.